The zero-order chi connectivity index (χ0) is 26.5. The monoisotopic (exact) mass is 514 g/mol. The minimum Gasteiger partial charge on any atom is -0.460 e. The van der Waals surface area contributed by atoms with Crippen molar-refractivity contribution in [1.82, 2.24) is 0 Å². The third-order valence-electron chi connectivity index (χ3n) is 5.77. The second-order valence-corrected chi connectivity index (χ2v) is 8.33. The minimum absolute atomic E-state index is 0.548. The van der Waals surface area contributed by atoms with Gasteiger partial charge in [0, 0.05) is 13.0 Å². The zero-order valence-corrected chi connectivity index (χ0v) is 19.3. The Morgan fingerprint density at radius 1 is 1.03 bits per heavy atom. The summed E-state index contributed by atoms with van der Waals surface area (Å²) >= 11 is 0. The van der Waals surface area contributed by atoms with E-state index in [-0.39, 0.29) is 0 Å². The van der Waals surface area contributed by atoms with Crippen LogP contribution in [-0.2, 0) is 33.3 Å². The largest absolute Gasteiger partial charge is 0.460 e. The second-order valence-electron chi connectivity index (χ2n) is 8.33. The van der Waals surface area contributed by atoms with Crippen LogP contribution in [0.25, 0.3) is 6.08 Å². The summed E-state index contributed by atoms with van der Waals surface area (Å²) in [7, 11) is 0. The van der Waals surface area contributed by atoms with Crippen LogP contribution in [0.4, 0.5) is 0 Å². The summed E-state index contributed by atoms with van der Waals surface area (Å²) in [5.74, 6) is -3.91. The number of aliphatic hydroxyl groups excluding tert-OH is 6. The van der Waals surface area contributed by atoms with Crippen molar-refractivity contribution in [1.29, 1.82) is 0 Å². The highest BCUT2D eigenvalue weighted by atomic mass is 16.8. The van der Waals surface area contributed by atoms with E-state index < -0.39 is 86.6 Å². The molecule has 2 aliphatic heterocycles. The first kappa shape index (κ1) is 28.1. The van der Waals surface area contributed by atoms with E-state index in [0.717, 1.165) is 18.6 Å². The van der Waals surface area contributed by atoms with Crippen LogP contribution >= 0.6 is 0 Å². The molecule has 3 rings (SSSR count). The Morgan fingerprint density at radius 2 is 1.72 bits per heavy atom. The van der Waals surface area contributed by atoms with Crippen molar-refractivity contribution in [2.45, 2.75) is 61.7 Å². The van der Waals surface area contributed by atoms with Crippen molar-refractivity contribution in [3.05, 3.63) is 42.0 Å². The lowest BCUT2D eigenvalue weighted by Crippen LogP contribution is -2.63. The predicted octanol–water partition coefficient (Wildman–Crippen LogP) is -2.56. The summed E-state index contributed by atoms with van der Waals surface area (Å²) in [6.45, 7) is -1.23. The fraction of sp³-hybridized carbons (Fsp3) is 0.565. The van der Waals surface area contributed by atoms with Gasteiger partial charge < -0.3 is 54.3 Å². The van der Waals surface area contributed by atoms with Gasteiger partial charge in [-0.2, -0.15) is 0 Å². The van der Waals surface area contributed by atoms with Crippen LogP contribution in [0.5, 0.6) is 0 Å². The van der Waals surface area contributed by atoms with Gasteiger partial charge in [-0.1, -0.05) is 30.3 Å². The second kappa shape index (κ2) is 12.2. The summed E-state index contributed by atoms with van der Waals surface area (Å²) in [5, 5.41) is 61.1. The average molecular weight is 514 g/mol. The molecule has 0 radical (unpaired) electrons. The van der Waals surface area contributed by atoms with Crippen molar-refractivity contribution in [2.24, 2.45) is 0 Å². The van der Waals surface area contributed by atoms with E-state index in [2.05, 4.69) is 0 Å². The summed E-state index contributed by atoms with van der Waals surface area (Å²) in [6.07, 6.45) is -10.5. The third kappa shape index (κ3) is 6.26. The first-order valence-electron chi connectivity index (χ1n) is 11.1. The summed E-state index contributed by atoms with van der Waals surface area (Å²) in [5.41, 5.74) is 0.744. The van der Waals surface area contributed by atoms with Crippen molar-refractivity contribution in [2.75, 3.05) is 19.8 Å². The number of benzene rings is 1. The van der Waals surface area contributed by atoms with Crippen LogP contribution in [0.3, 0.4) is 0 Å². The van der Waals surface area contributed by atoms with Gasteiger partial charge in [0.25, 0.3) is 0 Å². The number of hydrogen-bond donors (Lipinski definition) is 6. The Labute approximate surface area is 206 Å². The molecule has 0 saturated carbocycles. The summed E-state index contributed by atoms with van der Waals surface area (Å²) in [4.78, 5) is 23.4. The third-order valence-corrected chi connectivity index (χ3v) is 5.77. The molecule has 13 heteroatoms. The molecule has 0 bridgehead atoms. The molecule has 0 amide bonds. The van der Waals surface area contributed by atoms with E-state index >= 15 is 0 Å². The van der Waals surface area contributed by atoms with Crippen molar-refractivity contribution >= 4 is 18.0 Å². The highest BCUT2D eigenvalue weighted by molar-refractivity contribution is 5.87. The maximum atomic E-state index is 12.1. The van der Waals surface area contributed by atoms with E-state index in [1.165, 1.54) is 6.08 Å². The normalized spacial score (nSPS) is 36.6. The molecule has 0 spiro atoms. The smallest absolute Gasteiger partial charge is 0.330 e. The maximum absolute atomic E-state index is 12.1. The topological polar surface area (TPSA) is 202 Å². The average Bonchev–Trinajstić information content (AvgIpc) is 3.13. The molecule has 2 fully saturated rings. The Kier molecular flexibility index (Phi) is 9.52. The Morgan fingerprint density at radius 3 is 2.33 bits per heavy atom. The quantitative estimate of drug-likeness (QED) is 0.149. The standard InChI is InChI=1S/C23H30O13/c1-12(26)33-20-14(9-24)35-23(11-25,21(20)31)36-22-19(30)18(29)17(28)15(34-22)10-32-16(27)8-7-13-5-3-2-4-6-13/h2-8,14-15,17-22,24-25,28-31H,9-11H2,1H3. The molecule has 2 saturated heterocycles. The van der Waals surface area contributed by atoms with Gasteiger partial charge in [-0.25, -0.2) is 4.79 Å². The van der Waals surface area contributed by atoms with Gasteiger partial charge in [0.05, 0.1) is 6.61 Å². The molecule has 0 aromatic heterocycles. The first-order valence-corrected chi connectivity index (χ1v) is 11.1. The van der Waals surface area contributed by atoms with Gasteiger partial charge in [0.1, 0.15) is 49.8 Å². The molecule has 9 unspecified atom stereocenters. The summed E-state index contributed by atoms with van der Waals surface area (Å²) < 4.78 is 26.4. The number of aliphatic hydroxyl groups is 6. The van der Waals surface area contributed by atoms with Crippen LogP contribution < -0.4 is 0 Å². The van der Waals surface area contributed by atoms with Crippen molar-refractivity contribution < 1.29 is 63.9 Å². The van der Waals surface area contributed by atoms with Gasteiger partial charge in [-0.05, 0) is 11.6 Å². The highest BCUT2D eigenvalue weighted by Crippen LogP contribution is 2.37. The molecule has 1 aromatic carbocycles. The number of hydrogen-bond acceptors (Lipinski definition) is 13. The van der Waals surface area contributed by atoms with E-state index in [1.807, 2.05) is 6.07 Å². The Hall–Kier alpha value is -2.46. The molecule has 2 heterocycles. The molecule has 1 aromatic rings. The van der Waals surface area contributed by atoms with Crippen molar-refractivity contribution in [3.8, 4) is 0 Å². The van der Waals surface area contributed by atoms with Crippen LogP contribution in [-0.4, -0.2) is 117 Å². The number of ether oxygens (including phenoxy) is 5. The molecule has 2 aliphatic rings. The molecule has 6 N–H and O–H groups in total. The molecule has 9 atom stereocenters. The van der Waals surface area contributed by atoms with Crippen LogP contribution in [0.2, 0.25) is 0 Å². The van der Waals surface area contributed by atoms with Gasteiger partial charge in [0.2, 0.25) is 5.79 Å². The predicted molar refractivity (Wildman–Crippen MR) is 118 cm³/mol. The fourth-order valence-electron chi connectivity index (χ4n) is 3.87. The molecule has 200 valence electrons. The SMILES string of the molecule is CC(=O)OC1C(CO)OC(CO)(OC2OC(COC(=O)C=Cc3ccccc3)C(O)C(O)C2O)C1O. The fourth-order valence-corrected chi connectivity index (χ4v) is 3.87. The Bertz CT molecular complexity index is 909. The molecular formula is C23H30O13. The van der Waals surface area contributed by atoms with E-state index in [9.17, 15) is 40.2 Å². The zero-order valence-electron chi connectivity index (χ0n) is 19.3. The molecule has 13 nitrogen and oxygen atoms in total. The van der Waals surface area contributed by atoms with E-state index in [0.29, 0.717) is 0 Å². The Balaban J connectivity index is 1.68. The van der Waals surface area contributed by atoms with Crippen molar-refractivity contribution in [3.63, 3.8) is 0 Å². The maximum Gasteiger partial charge on any atom is 0.330 e. The number of esters is 2. The highest BCUT2D eigenvalue weighted by Gasteiger charge is 2.60. The van der Waals surface area contributed by atoms with Gasteiger partial charge in [0.15, 0.2) is 12.4 Å². The number of carbonyl (C=O) groups excluding carboxylic acids is 2. The first-order chi connectivity index (χ1) is 17.1. The number of carbonyl (C=O) groups is 2. The number of rotatable bonds is 9. The summed E-state index contributed by atoms with van der Waals surface area (Å²) in [6, 6.07) is 8.91. The lowest BCUT2D eigenvalue weighted by molar-refractivity contribution is -0.383. The van der Waals surface area contributed by atoms with Crippen LogP contribution in [0.1, 0.15) is 12.5 Å². The molecule has 36 heavy (non-hydrogen) atoms. The lowest BCUT2D eigenvalue weighted by Gasteiger charge is -2.43. The van der Waals surface area contributed by atoms with E-state index in [1.54, 1.807) is 24.3 Å². The van der Waals surface area contributed by atoms with Crippen LogP contribution in [0.15, 0.2) is 36.4 Å². The minimum atomic E-state index is -2.33. The van der Waals surface area contributed by atoms with Gasteiger partial charge >= 0.3 is 11.9 Å². The lowest BCUT2D eigenvalue weighted by atomic mass is 9.99. The van der Waals surface area contributed by atoms with Crippen LogP contribution in [0, 0.1) is 0 Å². The van der Waals surface area contributed by atoms with E-state index in [4.69, 9.17) is 23.7 Å². The molecule has 0 aliphatic carbocycles. The van der Waals surface area contributed by atoms with Gasteiger partial charge in [-0.3, -0.25) is 4.79 Å². The molecular weight excluding hydrogens is 484 g/mol. The van der Waals surface area contributed by atoms with Gasteiger partial charge in [-0.15, -0.1) is 0 Å².